The second-order valence-corrected chi connectivity index (χ2v) is 3.06. The lowest BCUT2D eigenvalue weighted by Gasteiger charge is -2.24. The Kier molecular flexibility index (Phi) is 5.56. The first-order valence-electron chi connectivity index (χ1n) is 3.90. The molecule has 0 unspecified atom stereocenters. The van der Waals surface area contributed by atoms with E-state index in [-0.39, 0.29) is 17.7 Å². The second-order valence-electron chi connectivity index (χ2n) is 2.75. The van der Waals surface area contributed by atoms with Gasteiger partial charge in [-0.25, -0.2) is 0 Å². The zero-order valence-electron chi connectivity index (χ0n) is 7.45. The van der Waals surface area contributed by atoms with Gasteiger partial charge in [-0.1, -0.05) is 0 Å². The van der Waals surface area contributed by atoms with Crippen LogP contribution in [0.15, 0.2) is 0 Å². The molecule has 0 radical (unpaired) electrons. The number of hydrogen-bond acceptors (Lipinski definition) is 3. The van der Waals surface area contributed by atoms with Crippen molar-refractivity contribution in [3.63, 3.8) is 0 Å². The molecule has 0 aromatic heterocycles. The van der Waals surface area contributed by atoms with Crippen LogP contribution in [0.1, 0.15) is 20.3 Å². The Bertz CT molecular complexity index is 186. The fourth-order valence-corrected chi connectivity index (χ4v) is 1.11. The first-order chi connectivity index (χ1) is 5.63. The van der Waals surface area contributed by atoms with Crippen LogP contribution in [0.5, 0.6) is 0 Å². The van der Waals surface area contributed by atoms with Gasteiger partial charge < -0.3 is 4.90 Å². The van der Waals surface area contributed by atoms with Gasteiger partial charge >= 0.3 is 0 Å². The van der Waals surface area contributed by atoms with Crippen LogP contribution >= 0.6 is 12.6 Å². The number of nitrogens with zero attached hydrogens (tertiary/aromatic N) is 2. The van der Waals surface area contributed by atoms with E-state index in [9.17, 15) is 4.79 Å². The van der Waals surface area contributed by atoms with Crippen LogP contribution in [0.25, 0.3) is 0 Å². The zero-order chi connectivity index (χ0) is 9.56. The van der Waals surface area contributed by atoms with E-state index in [0.29, 0.717) is 13.0 Å². The van der Waals surface area contributed by atoms with Gasteiger partial charge in [0, 0.05) is 12.6 Å². The molecule has 12 heavy (non-hydrogen) atoms. The molecule has 0 N–H and O–H groups in total. The third kappa shape index (κ3) is 3.63. The summed E-state index contributed by atoms with van der Waals surface area (Å²) in [6.07, 6.45) is 0.387. The minimum absolute atomic E-state index is 0.0106. The average molecular weight is 186 g/mol. The minimum Gasteiger partial charge on any atom is -0.339 e. The van der Waals surface area contributed by atoms with Gasteiger partial charge in [-0.05, 0) is 13.8 Å². The molecule has 0 heterocycles. The third-order valence-electron chi connectivity index (χ3n) is 1.54. The Labute approximate surface area is 78.8 Å². The van der Waals surface area contributed by atoms with Crippen molar-refractivity contribution in [2.24, 2.45) is 0 Å². The van der Waals surface area contributed by atoms with Crippen LogP contribution in [-0.2, 0) is 4.79 Å². The molecule has 0 spiro atoms. The molecule has 0 aromatic carbocycles. The molecule has 0 saturated heterocycles. The fourth-order valence-electron chi connectivity index (χ4n) is 0.932. The van der Waals surface area contributed by atoms with Gasteiger partial charge in [0.2, 0.25) is 5.91 Å². The van der Waals surface area contributed by atoms with Gasteiger partial charge in [-0.15, -0.1) is 0 Å². The summed E-state index contributed by atoms with van der Waals surface area (Å²) in [7, 11) is 0. The number of amides is 1. The maximum Gasteiger partial charge on any atom is 0.232 e. The topological polar surface area (TPSA) is 44.1 Å². The van der Waals surface area contributed by atoms with Crippen LogP contribution in [0, 0.1) is 11.3 Å². The summed E-state index contributed by atoms with van der Waals surface area (Å²) in [6, 6.07) is 2.16. The van der Waals surface area contributed by atoms with Crippen LogP contribution in [0.3, 0.4) is 0 Å². The lowest BCUT2D eigenvalue weighted by atomic mass is 10.3. The molecule has 68 valence electrons. The molecule has 4 heteroatoms. The highest BCUT2D eigenvalue weighted by molar-refractivity contribution is 7.81. The zero-order valence-corrected chi connectivity index (χ0v) is 8.34. The van der Waals surface area contributed by atoms with Gasteiger partial charge in [0.05, 0.1) is 18.2 Å². The van der Waals surface area contributed by atoms with Crippen molar-refractivity contribution in [3.05, 3.63) is 0 Å². The van der Waals surface area contributed by atoms with Crippen molar-refractivity contribution >= 4 is 18.5 Å². The van der Waals surface area contributed by atoms with E-state index < -0.39 is 0 Å². The number of carbonyl (C=O) groups excluding carboxylic acids is 1. The highest BCUT2D eigenvalue weighted by Crippen LogP contribution is 2.01. The molecular formula is C8H14N2OS. The number of carbonyl (C=O) groups is 1. The van der Waals surface area contributed by atoms with Crippen LogP contribution < -0.4 is 0 Å². The molecule has 0 rings (SSSR count). The number of hydrogen-bond donors (Lipinski definition) is 1. The average Bonchev–Trinajstić information content (AvgIpc) is 2.04. The molecule has 0 aliphatic carbocycles. The Balaban J connectivity index is 4.06. The van der Waals surface area contributed by atoms with Crippen molar-refractivity contribution in [1.82, 2.24) is 4.90 Å². The highest BCUT2D eigenvalue weighted by atomic mass is 32.1. The molecule has 0 bridgehead atoms. The van der Waals surface area contributed by atoms with Crippen LogP contribution in [0.2, 0.25) is 0 Å². The maximum atomic E-state index is 11.2. The summed E-state index contributed by atoms with van der Waals surface area (Å²) in [5.41, 5.74) is 0. The Morgan fingerprint density at radius 3 is 2.58 bits per heavy atom. The first-order valence-corrected chi connectivity index (χ1v) is 4.54. The third-order valence-corrected chi connectivity index (χ3v) is 1.81. The Morgan fingerprint density at radius 2 is 2.25 bits per heavy atom. The van der Waals surface area contributed by atoms with Gasteiger partial charge in [0.1, 0.15) is 0 Å². The fraction of sp³-hybridized carbons (Fsp3) is 0.750. The monoisotopic (exact) mass is 186 g/mol. The van der Waals surface area contributed by atoms with E-state index in [1.165, 1.54) is 0 Å². The SMILES string of the molecule is CC(C)N(CCC#N)C(=O)CS. The molecule has 0 aromatic rings. The summed E-state index contributed by atoms with van der Waals surface area (Å²) in [5, 5.41) is 8.34. The van der Waals surface area contributed by atoms with Crippen LogP contribution in [-0.4, -0.2) is 29.1 Å². The van der Waals surface area contributed by atoms with Crippen molar-refractivity contribution in [2.75, 3.05) is 12.3 Å². The largest absolute Gasteiger partial charge is 0.339 e. The van der Waals surface area contributed by atoms with E-state index in [1.54, 1.807) is 4.90 Å². The van der Waals surface area contributed by atoms with Gasteiger partial charge in [0.25, 0.3) is 0 Å². The summed E-state index contributed by atoms with van der Waals surface area (Å²) in [4.78, 5) is 12.9. The predicted octanol–water partition coefficient (Wildman–Crippen LogP) is 1.07. The molecule has 3 nitrogen and oxygen atoms in total. The van der Waals surface area contributed by atoms with Crippen molar-refractivity contribution < 1.29 is 4.79 Å². The molecule has 1 amide bonds. The number of rotatable bonds is 4. The summed E-state index contributed by atoms with van der Waals surface area (Å²) in [6.45, 7) is 4.37. The number of nitriles is 1. The molecular weight excluding hydrogens is 172 g/mol. The smallest absolute Gasteiger partial charge is 0.232 e. The van der Waals surface area contributed by atoms with E-state index in [1.807, 2.05) is 19.9 Å². The quantitative estimate of drug-likeness (QED) is 0.667. The van der Waals surface area contributed by atoms with Gasteiger partial charge in [-0.3, -0.25) is 4.79 Å². The van der Waals surface area contributed by atoms with E-state index in [4.69, 9.17) is 5.26 Å². The van der Waals surface area contributed by atoms with Crippen LogP contribution in [0.4, 0.5) is 0 Å². The summed E-state index contributed by atoms with van der Waals surface area (Å²) < 4.78 is 0. The number of thiol groups is 1. The van der Waals surface area contributed by atoms with Crippen molar-refractivity contribution in [3.8, 4) is 6.07 Å². The molecule has 0 aliphatic rings. The van der Waals surface area contributed by atoms with Crippen molar-refractivity contribution in [1.29, 1.82) is 5.26 Å². The lowest BCUT2D eigenvalue weighted by molar-refractivity contribution is -0.129. The first kappa shape index (κ1) is 11.3. The van der Waals surface area contributed by atoms with Crippen molar-refractivity contribution in [2.45, 2.75) is 26.3 Å². The summed E-state index contributed by atoms with van der Waals surface area (Å²) >= 11 is 3.90. The Morgan fingerprint density at radius 1 is 1.67 bits per heavy atom. The lowest BCUT2D eigenvalue weighted by Crippen LogP contribution is -2.38. The maximum absolute atomic E-state index is 11.2. The molecule has 0 fully saturated rings. The van der Waals surface area contributed by atoms with Gasteiger partial charge in [0.15, 0.2) is 0 Å². The standard InChI is InChI=1S/C8H14N2OS/c1-7(2)10(5-3-4-9)8(11)6-12/h7,12H,3,5-6H2,1-2H3. The predicted molar refractivity (Wildman–Crippen MR) is 50.9 cm³/mol. The minimum atomic E-state index is -0.0106. The Hall–Kier alpha value is -0.690. The molecule has 0 saturated carbocycles. The van der Waals surface area contributed by atoms with E-state index in [2.05, 4.69) is 12.6 Å². The second kappa shape index (κ2) is 5.90. The molecule has 0 aliphatic heterocycles. The normalized spacial score (nSPS) is 9.58. The van der Waals surface area contributed by atoms with E-state index >= 15 is 0 Å². The van der Waals surface area contributed by atoms with Gasteiger partial charge in [-0.2, -0.15) is 17.9 Å². The van der Waals surface area contributed by atoms with E-state index in [0.717, 1.165) is 0 Å². The molecule has 0 atom stereocenters. The summed E-state index contributed by atoms with van der Waals surface area (Å²) in [5.74, 6) is 0.201. The highest BCUT2D eigenvalue weighted by Gasteiger charge is 2.13.